The van der Waals surface area contributed by atoms with Gasteiger partial charge in [-0.2, -0.15) is 0 Å². The van der Waals surface area contributed by atoms with Gasteiger partial charge in [0.2, 0.25) is 0 Å². The molecule has 0 aliphatic carbocycles. The highest BCUT2D eigenvalue weighted by molar-refractivity contribution is 5.69. The molecular formula is C19H19NO2. The Kier molecular flexibility index (Phi) is 5.15. The number of nitrogens with zero attached hydrogens (tertiary/aromatic N) is 1. The number of hydrogen-bond donors (Lipinski definition) is 0. The summed E-state index contributed by atoms with van der Waals surface area (Å²) in [7, 11) is 3.25. The molecule has 0 unspecified atom stereocenters. The van der Waals surface area contributed by atoms with Crippen LogP contribution in [0.1, 0.15) is 5.56 Å². The Hall–Kier alpha value is -2.81. The van der Waals surface area contributed by atoms with Crippen LogP contribution in [0.5, 0.6) is 0 Å². The molecule has 0 atom stereocenters. The van der Waals surface area contributed by atoms with E-state index in [0.717, 1.165) is 11.1 Å². The van der Waals surface area contributed by atoms with Gasteiger partial charge in [-0.15, -0.1) is 0 Å². The molecule has 3 heteroatoms. The molecular weight excluding hydrogens is 274 g/mol. The number of rotatable bonds is 4. The maximum atomic E-state index is 11.4. The van der Waals surface area contributed by atoms with Gasteiger partial charge in [-0.1, -0.05) is 67.3 Å². The predicted octanol–water partition coefficient (Wildman–Crippen LogP) is 4.58. The minimum absolute atomic E-state index is 0.311. The zero-order valence-corrected chi connectivity index (χ0v) is 12.8. The molecule has 0 aliphatic heterocycles. The van der Waals surface area contributed by atoms with Crippen molar-refractivity contribution in [2.24, 2.45) is 0 Å². The van der Waals surface area contributed by atoms with Gasteiger partial charge in [0.05, 0.1) is 0 Å². The van der Waals surface area contributed by atoms with E-state index in [-0.39, 0.29) is 0 Å². The van der Waals surface area contributed by atoms with Crippen molar-refractivity contribution in [2.75, 3.05) is 14.1 Å². The van der Waals surface area contributed by atoms with Crippen LogP contribution in [0, 0.1) is 0 Å². The van der Waals surface area contributed by atoms with Crippen LogP contribution in [0.2, 0.25) is 0 Å². The number of carbonyl (C=O) groups is 1. The number of amides is 1. The summed E-state index contributed by atoms with van der Waals surface area (Å²) in [5.41, 5.74) is 3.36. The lowest BCUT2D eigenvalue weighted by Gasteiger charge is -2.10. The van der Waals surface area contributed by atoms with Crippen LogP contribution in [0.15, 0.2) is 73.0 Å². The fourth-order valence-electron chi connectivity index (χ4n) is 1.84. The van der Waals surface area contributed by atoms with Crippen LogP contribution in [0.4, 0.5) is 4.79 Å². The number of allylic oxidation sites excluding steroid dienone is 1. The summed E-state index contributed by atoms with van der Waals surface area (Å²) < 4.78 is 5.03. The highest BCUT2D eigenvalue weighted by Gasteiger charge is 2.04. The monoisotopic (exact) mass is 293 g/mol. The van der Waals surface area contributed by atoms with Crippen molar-refractivity contribution in [1.29, 1.82) is 0 Å². The molecule has 0 fully saturated rings. The molecule has 0 bridgehead atoms. The molecule has 0 saturated carbocycles. The Bertz CT molecular complexity index is 670. The summed E-state index contributed by atoms with van der Waals surface area (Å²) in [6.45, 7) is 3.70. The van der Waals surface area contributed by atoms with E-state index in [9.17, 15) is 4.79 Å². The lowest BCUT2D eigenvalue weighted by atomic mass is 10.0. The third-order valence-electron chi connectivity index (χ3n) is 3.06. The van der Waals surface area contributed by atoms with Crippen molar-refractivity contribution >= 4 is 12.2 Å². The largest absolute Gasteiger partial charge is 0.414 e. The number of hydrogen-bond acceptors (Lipinski definition) is 2. The minimum Gasteiger partial charge on any atom is -0.411 e. The first-order valence-electron chi connectivity index (χ1n) is 6.98. The van der Waals surface area contributed by atoms with Gasteiger partial charge < -0.3 is 9.64 Å². The van der Waals surface area contributed by atoms with Gasteiger partial charge in [-0.05, 0) is 22.8 Å². The van der Waals surface area contributed by atoms with Gasteiger partial charge in [-0.3, -0.25) is 0 Å². The van der Waals surface area contributed by atoms with Crippen LogP contribution < -0.4 is 0 Å². The van der Waals surface area contributed by atoms with Crippen molar-refractivity contribution in [3.63, 3.8) is 0 Å². The van der Waals surface area contributed by atoms with E-state index in [4.69, 9.17) is 4.74 Å². The topological polar surface area (TPSA) is 29.5 Å². The van der Waals surface area contributed by atoms with Gasteiger partial charge in [0.25, 0.3) is 0 Å². The summed E-state index contributed by atoms with van der Waals surface area (Å²) in [5.74, 6) is 0.311. The van der Waals surface area contributed by atoms with Crippen LogP contribution in [0.25, 0.3) is 17.2 Å². The van der Waals surface area contributed by atoms with Crippen LogP contribution in [-0.2, 0) is 4.74 Å². The molecule has 0 N–H and O–H groups in total. The van der Waals surface area contributed by atoms with E-state index in [1.165, 1.54) is 10.5 Å². The van der Waals surface area contributed by atoms with E-state index in [0.29, 0.717) is 5.76 Å². The van der Waals surface area contributed by atoms with Crippen molar-refractivity contribution in [2.45, 2.75) is 0 Å². The first-order valence-corrected chi connectivity index (χ1v) is 6.98. The van der Waals surface area contributed by atoms with E-state index in [1.54, 1.807) is 20.2 Å². The van der Waals surface area contributed by atoms with Crippen molar-refractivity contribution in [1.82, 2.24) is 4.90 Å². The SMILES string of the molecule is C=C(/C=C/c1ccc(-c2ccccc2)cc1)OC(=O)N(C)C. The predicted molar refractivity (Wildman–Crippen MR) is 90.2 cm³/mol. The van der Waals surface area contributed by atoms with Gasteiger partial charge in [-0.25, -0.2) is 4.79 Å². The first kappa shape index (κ1) is 15.6. The zero-order valence-electron chi connectivity index (χ0n) is 12.8. The molecule has 2 rings (SSSR count). The Morgan fingerprint density at radius 1 is 1.00 bits per heavy atom. The van der Waals surface area contributed by atoms with E-state index >= 15 is 0 Å². The molecule has 3 nitrogen and oxygen atoms in total. The summed E-state index contributed by atoms with van der Waals surface area (Å²) in [6.07, 6.45) is 3.10. The first-order chi connectivity index (χ1) is 10.6. The molecule has 0 radical (unpaired) electrons. The lowest BCUT2D eigenvalue weighted by Crippen LogP contribution is -2.21. The number of carbonyl (C=O) groups excluding carboxylic acids is 1. The van der Waals surface area contributed by atoms with Crippen molar-refractivity contribution < 1.29 is 9.53 Å². The molecule has 0 aromatic heterocycles. The average Bonchev–Trinajstić information content (AvgIpc) is 2.54. The van der Waals surface area contributed by atoms with E-state index in [1.807, 2.05) is 36.4 Å². The fraction of sp³-hybridized carbons (Fsp3) is 0.105. The Morgan fingerprint density at radius 2 is 1.59 bits per heavy atom. The van der Waals surface area contributed by atoms with Gasteiger partial charge in [0.15, 0.2) is 0 Å². The third kappa shape index (κ3) is 4.35. The molecule has 112 valence electrons. The quantitative estimate of drug-likeness (QED) is 0.610. The second-order valence-electron chi connectivity index (χ2n) is 5.05. The average molecular weight is 293 g/mol. The summed E-state index contributed by atoms with van der Waals surface area (Å²) in [5, 5.41) is 0. The highest BCUT2D eigenvalue weighted by Crippen LogP contribution is 2.19. The van der Waals surface area contributed by atoms with E-state index in [2.05, 4.69) is 30.8 Å². The fourth-order valence-corrected chi connectivity index (χ4v) is 1.84. The molecule has 0 aliphatic rings. The molecule has 0 heterocycles. The van der Waals surface area contributed by atoms with Crippen LogP contribution in [-0.4, -0.2) is 25.1 Å². The Balaban J connectivity index is 2.01. The maximum absolute atomic E-state index is 11.4. The molecule has 0 spiro atoms. The van der Waals surface area contributed by atoms with Crippen LogP contribution >= 0.6 is 0 Å². The molecule has 2 aromatic rings. The minimum atomic E-state index is -0.436. The molecule has 2 aromatic carbocycles. The Labute approximate surface area is 131 Å². The standard InChI is InChI=1S/C19H19NO2/c1-15(22-19(21)20(2)3)9-10-16-11-13-18(14-12-16)17-7-5-4-6-8-17/h4-14H,1H2,2-3H3/b10-9+. The van der Waals surface area contributed by atoms with E-state index < -0.39 is 6.09 Å². The lowest BCUT2D eigenvalue weighted by molar-refractivity contribution is 0.150. The molecule has 1 amide bonds. The maximum Gasteiger partial charge on any atom is 0.414 e. The number of benzene rings is 2. The number of ether oxygens (including phenoxy) is 1. The second kappa shape index (κ2) is 7.27. The summed E-state index contributed by atoms with van der Waals surface area (Å²) >= 11 is 0. The summed E-state index contributed by atoms with van der Waals surface area (Å²) in [6, 6.07) is 18.3. The highest BCUT2D eigenvalue weighted by atomic mass is 16.6. The second-order valence-corrected chi connectivity index (χ2v) is 5.05. The molecule has 0 saturated heterocycles. The zero-order chi connectivity index (χ0) is 15.9. The van der Waals surface area contributed by atoms with Gasteiger partial charge >= 0.3 is 6.09 Å². The normalized spacial score (nSPS) is 10.5. The van der Waals surface area contributed by atoms with Gasteiger partial charge in [0, 0.05) is 14.1 Å². The Morgan fingerprint density at radius 3 is 2.18 bits per heavy atom. The van der Waals surface area contributed by atoms with Crippen LogP contribution in [0.3, 0.4) is 0 Å². The smallest absolute Gasteiger partial charge is 0.411 e. The van der Waals surface area contributed by atoms with Crippen molar-refractivity contribution in [3.8, 4) is 11.1 Å². The summed E-state index contributed by atoms with van der Waals surface area (Å²) in [4.78, 5) is 12.7. The third-order valence-corrected chi connectivity index (χ3v) is 3.06. The van der Waals surface area contributed by atoms with Crippen molar-refractivity contribution in [3.05, 3.63) is 78.6 Å². The molecule has 22 heavy (non-hydrogen) atoms. The van der Waals surface area contributed by atoms with Gasteiger partial charge in [0.1, 0.15) is 5.76 Å².